The zero-order valence-corrected chi connectivity index (χ0v) is 10.6. The van der Waals surface area contributed by atoms with Crippen molar-refractivity contribution in [2.24, 2.45) is 10.2 Å². The van der Waals surface area contributed by atoms with Gasteiger partial charge in [-0.2, -0.15) is 5.11 Å². The highest BCUT2D eigenvalue weighted by Crippen LogP contribution is 2.28. The van der Waals surface area contributed by atoms with Gasteiger partial charge in [0.05, 0.1) is 5.69 Å². The third-order valence-corrected chi connectivity index (χ3v) is 2.75. The van der Waals surface area contributed by atoms with Gasteiger partial charge in [-0.05, 0) is 48.7 Å². The number of azo groups is 1. The number of hydrogen-bond donors (Lipinski definition) is 1. The molecular weight excluding hydrogens is 224 g/mol. The standard InChI is InChI=1S/C15H16N2O/c1-3-12-5-7-13(8-6-12)16-17-14-9-4-11(2)10-15(14)18/h4-10,18H,3H2,1-2H3/b17-16-. The smallest absolute Gasteiger partial charge is 0.143 e. The van der Waals surface area contributed by atoms with Crippen LogP contribution in [0.2, 0.25) is 0 Å². The summed E-state index contributed by atoms with van der Waals surface area (Å²) in [6, 6.07) is 13.2. The molecule has 0 spiro atoms. The molecule has 2 aromatic rings. The fourth-order valence-corrected chi connectivity index (χ4v) is 1.63. The Bertz CT molecular complexity index is 559. The van der Waals surface area contributed by atoms with Crippen LogP contribution in [0, 0.1) is 6.92 Å². The molecule has 18 heavy (non-hydrogen) atoms. The van der Waals surface area contributed by atoms with E-state index in [0.29, 0.717) is 5.69 Å². The summed E-state index contributed by atoms with van der Waals surface area (Å²) in [5.74, 6) is 0.156. The van der Waals surface area contributed by atoms with Crippen LogP contribution in [0.4, 0.5) is 11.4 Å². The van der Waals surface area contributed by atoms with Crippen LogP contribution in [-0.4, -0.2) is 5.11 Å². The van der Waals surface area contributed by atoms with Crippen molar-refractivity contribution in [2.75, 3.05) is 0 Å². The third kappa shape index (κ3) is 2.94. The van der Waals surface area contributed by atoms with Gasteiger partial charge in [0, 0.05) is 0 Å². The SMILES string of the molecule is CCc1ccc(/N=N\c2ccc(C)cc2O)cc1. The Morgan fingerprint density at radius 3 is 2.33 bits per heavy atom. The lowest BCUT2D eigenvalue weighted by Gasteiger charge is -1.99. The number of aromatic hydroxyl groups is 1. The molecule has 0 heterocycles. The molecule has 3 heteroatoms. The summed E-state index contributed by atoms with van der Waals surface area (Å²) in [4.78, 5) is 0. The lowest BCUT2D eigenvalue weighted by atomic mass is 10.2. The molecule has 0 atom stereocenters. The Morgan fingerprint density at radius 2 is 1.72 bits per heavy atom. The van der Waals surface area contributed by atoms with E-state index in [4.69, 9.17) is 0 Å². The van der Waals surface area contributed by atoms with E-state index in [1.165, 1.54) is 5.56 Å². The molecule has 3 nitrogen and oxygen atoms in total. The summed E-state index contributed by atoms with van der Waals surface area (Å²) in [7, 11) is 0. The van der Waals surface area contributed by atoms with E-state index in [1.54, 1.807) is 12.1 Å². The molecule has 0 aliphatic carbocycles. The minimum Gasteiger partial charge on any atom is -0.506 e. The van der Waals surface area contributed by atoms with Crippen molar-refractivity contribution in [3.8, 4) is 5.75 Å². The number of rotatable bonds is 3. The fourth-order valence-electron chi connectivity index (χ4n) is 1.63. The maximum atomic E-state index is 9.70. The Labute approximate surface area is 107 Å². The molecule has 0 saturated heterocycles. The molecule has 2 aromatic carbocycles. The first kappa shape index (κ1) is 12.3. The van der Waals surface area contributed by atoms with Crippen LogP contribution in [0.5, 0.6) is 5.75 Å². The van der Waals surface area contributed by atoms with Crippen LogP contribution in [0.25, 0.3) is 0 Å². The molecule has 0 aliphatic rings. The molecule has 0 radical (unpaired) electrons. The van der Waals surface area contributed by atoms with Crippen molar-refractivity contribution in [2.45, 2.75) is 20.3 Å². The Hall–Kier alpha value is -2.16. The normalized spacial score (nSPS) is 11.0. The number of aryl methyl sites for hydroxylation is 2. The minimum absolute atomic E-state index is 0.156. The predicted octanol–water partition coefficient (Wildman–Crippen LogP) is 4.68. The zero-order valence-electron chi connectivity index (χ0n) is 10.6. The van der Waals surface area contributed by atoms with Crippen molar-refractivity contribution < 1.29 is 5.11 Å². The molecule has 0 saturated carbocycles. The molecule has 0 unspecified atom stereocenters. The predicted molar refractivity (Wildman–Crippen MR) is 72.8 cm³/mol. The summed E-state index contributed by atoms with van der Waals surface area (Å²) in [5.41, 5.74) is 3.54. The molecule has 0 bridgehead atoms. The average molecular weight is 240 g/mol. The van der Waals surface area contributed by atoms with Gasteiger partial charge in [0.25, 0.3) is 0 Å². The highest BCUT2D eigenvalue weighted by Gasteiger charge is 1.99. The van der Waals surface area contributed by atoms with Crippen LogP contribution in [0.15, 0.2) is 52.7 Å². The summed E-state index contributed by atoms with van der Waals surface area (Å²) in [6.45, 7) is 4.03. The van der Waals surface area contributed by atoms with Crippen LogP contribution in [0.1, 0.15) is 18.1 Å². The summed E-state index contributed by atoms with van der Waals surface area (Å²) >= 11 is 0. The number of benzene rings is 2. The lowest BCUT2D eigenvalue weighted by Crippen LogP contribution is -1.76. The summed E-state index contributed by atoms with van der Waals surface area (Å²) in [6.07, 6.45) is 1.01. The molecule has 2 rings (SSSR count). The van der Waals surface area contributed by atoms with Gasteiger partial charge in [-0.3, -0.25) is 0 Å². The van der Waals surface area contributed by atoms with Gasteiger partial charge in [-0.15, -0.1) is 5.11 Å². The monoisotopic (exact) mass is 240 g/mol. The molecule has 0 aliphatic heterocycles. The maximum Gasteiger partial charge on any atom is 0.143 e. The van der Waals surface area contributed by atoms with Crippen LogP contribution in [-0.2, 0) is 6.42 Å². The highest BCUT2D eigenvalue weighted by molar-refractivity contribution is 5.52. The Morgan fingerprint density at radius 1 is 1.00 bits per heavy atom. The van der Waals surface area contributed by atoms with Gasteiger partial charge < -0.3 is 5.11 Å². The summed E-state index contributed by atoms with van der Waals surface area (Å²) in [5, 5.41) is 17.9. The van der Waals surface area contributed by atoms with Crippen LogP contribution >= 0.6 is 0 Å². The topological polar surface area (TPSA) is 45.0 Å². The quantitative estimate of drug-likeness (QED) is 0.778. The van der Waals surface area contributed by atoms with E-state index in [-0.39, 0.29) is 5.75 Å². The molecular formula is C15H16N2O. The first-order chi connectivity index (χ1) is 8.69. The van der Waals surface area contributed by atoms with Crippen LogP contribution < -0.4 is 0 Å². The van der Waals surface area contributed by atoms with Crippen LogP contribution in [0.3, 0.4) is 0 Å². The van der Waals surface area contributed by atoms with Crippen molar-refractivity contribution in [1.29, 1.82) is 0 Å². The number of phenolic OH excluding ortho intramolecular Hbond substituents is 1. The van der Waals surface area contributed by atoms with Crippen molar-refractivity contribution in [3.63, 3.8) is 0 Å². The lowest BCUT2D eigenvalue weighted by molar-refractivity contribution is 0.476. The first-order valence-corrected chi connectivity index (χ1v) is 5.99. The molecule has 0 aromatic heterocycles. The average Bonchev–Trinajstić information content (AvgIpc) is 2.38. The molecule has 0 fully saturated rings. The maximum absolute atomic E-state index is 9.70. The molecule has 0 amide bonds. The minimum atomic E-state index is 0.156. The van der Waals surface area contributed by atoms with Gasteiger partial charge in [0.15, 0.2) is 0 Å². The Balaban J connectivity index is 2.19. The molecule has 92 valence electrons. The van der Waals surface area contributed by atoms with E-state index < -0.39 is 0 Å². The van der Waals surface area contributed by atoms with Crippen molar-refractivity contribution in [1.82, 2.24) is 0 Å². The fraction of sp³-hybridized carbons (Fsp3) is 0.200. The second kappa shape index (κ2) is 5.45. The van der Waals surface area contributed by atoms with Crippen molar-refractivity contribution >= 4 is 11.4 Å². The second-order valence-corrected chi connectivity index (χ2v) is 4.21. The zero-order chi connectivity index (χ0) is 13.0. The van der Waals surface area contributed by atoms with Gasteiger partial charge in [-0.25, -0.2) is 0 Å². The molecule has 1 N–H and O–H groups in total. The van der Waals surface area contributed by atoms with E-state index in [2.05, 4.69) is 17.2 Å². The van der Waals surface area contributed by atoms with Gasteiger partial charge >= 0.3 is 0 Å². The van der Waals surface area contributed by atoms with Gasteiger partial charge in [0.1, 0.15) is 11.4 Å². The van der Waals surface area contributed by atoms with E-state index in [0.717, 1.165) is 17.7 Å². The first-order valence-electron chi connectivity index (χ1n) is 5.99. The highest BCUT2D eigenvalue weighted by atomic mass is 16.3. The van der Waals surface area contributed by atoms with Crippen molar-refractivity contribution in [3.05, 3.63) is 53.6 Å². The summed E-state index contributed by atoms with van der Waals surface area (Å²) < 4.78 is 0. The largest absolute Gasteiger partial charge is 0.506 e. The van der Waals surface area contributed by atoms with E-state index >= 15 is 0 Å². The third-order valence-electron chi connectivity index (χ3n) is 2.75. The Kier molecular flexibility index (Phi) is 3.72. The second-order valence-electron chi connectivity index (χ2n) is 4.21. The van der Waals surface area contributed by atoms with E-state index in [1.807, 2.05) is 37.3 Å². The number of phenols is 1. The number of hydrogen-bond acceptors (Lipinski definition) is 3. The van der Waals surface area contributed by atoms with Gasteiger partial charge in [0.2, 0.25) is 0 Å². The van der Waals surface area contributed by atoms with E-state index in [9.17, 15) is 5.11 Å². The van der Waals surface area contributed by atoms with Gasteiger partial charge in [-0.1, -0.05) is 25.1 Å². The number of nitrogens with zero attached hydrogens (tertiary/aromatic N) is 2.